The van der Waals surface area contributed by atoms with Gasteiger partial charge in [0.1, 0.15) is 5.01 Å². The third-order valence-corrected chi connectivity index (χ3v) is 3.87. The molecule has 7 heteroatoms. The predicted octanol–water partition coefficient (Wildman–Crippen LogP) is 1.31. The van der Waals surface area contributed by atoms with Crippen molar-refractivity contribution in [3.8, 4) is 0 Å². The Morgan fingerprint density at radius 3 is 3.22 bits per heavy atom. The van der Waals surface area contributed by atoms with E-state index in [4.69, 9.17) is 0 Å². The third kappa shape index (κ3) is 2.13. The van der Waals surface area contributed by atoms with Crippen LogP contribution in [0.2, 0.25) is 0 Å². The van der Waals surface area contributed by atoms with E-state index >= 15 is 0 Å². The SMILES string of the molecule is Cc1nnc(NC(=O)[C@H]2CCc3nc[nH]c3C2)s1. The minimum atomic E-state index is -0.0119. The molecule has 1 amide bonds. The third-order valence-electron chi connectivity index (χ3n) is 3.11. The van der Waals surface area contributed by atoms with E-state index in [0.29, 0.717) is 5.13 Å². The molecule has 1 aliphatic carbocycles. The van der Waals surface area contributed by atoms with E-state index in [1.165, 1.54) is 11.3 Å². The fourth-order valence-corrected chi connectivity index (χ4v) is 2.77. The largest absolute Gasteiger partial charge is 0.348 e. The summed E-state index contributed by atoms with van der Waals surface area (Å²) in [5.41, 5.74) is 2.17. The van der Waals surface area contributed by atoms with Crippen LogP contribution in [0.4, 0.5) is 5.13 Å². The Kier molecular flexibility index (Phi) is 2.83. The Balaban J connectivity index is 1.67. The van der Waals surface area contributed by atoms with Crippen LogP contribution >= 0.6 is 11.3 Å². The molecule has 0 aliphatic heterocycles. The smallest absolute Gasteiger partial charge is 0.229 e. The topological polar surface area (TPSA) is 83.6 Å². The van der Waals surface area contributed by atoms with Gasteiger partial charge in [0.25, 0.3) is 0 Å². The number of carbonyl (C=O) groups excluding carboxylic acids is 1. The first kappa shape index (κ1) is 11.3. The molecule has 2 aromatic rings. The van der Waals surface area contributed by atoms with Gasteiger partial charge >= 0.3 is 0 Å². The molecule has 6 nitrogen and oxygen atoms in total. The average Bonchev–Trinajstić information content (AvgIpc) is 2.96. The maximum Gasteiger partial charge on any atom is 0.229 e. The van der Waals surface area contributed by atoms with Crippen LogP contribution in [0.15, 0.2) is 6.33 Å². The Morgan fingerprint density at radius 1 is 1.56 bits per heavy atom. The number of aryl methyl sites for hydroxylation is 2. The van der Waals surface area contributed by atoms with E-state index in [1.807, 2.05) is 6.92 Å². The molecule has 1 aliphatic rings. The molecule has 18 heavy (non-hydrogen) atoms. The maximum absolute atomic E-state index is 12.1. The minimum Gasteiger partial charge on any atom is -0.348 e. The summed E-state index contributed by atoms with van der Waals surface area (Å²) in [6, 6.07) is 0. The first-order valence-electron chi connectivity index (χ1n) is 5.84. The summed E-state index contributed by atoms with van der Waals surface area (Å²) in [6.07, 6.45) is 4.10. The summed E-state index contributed by atoms with van der Waals surface area (Å²) in [7, 11) is 0. The van der Waals surface area contributed by atoms with Gasteiger partial charge < -0.3 is 10.3 Å². The molecule has 94 valence electrons. The second-order valence-corrected chi connectivity index (χ2v) is 5.56. The number of imidazole rings is 1. The van der Waals surface area contributed by atoms with E-state index in [9.17, 15) is 4.79 Å². The zero-order chi connectivity index (χ0) is 12.5. The van der Waals surface area contributed by atoms with E-state index in [1.54, 1.807) is 6.33 Å². The summed E-state index contributed by atoms with van der Waals surface area (Å²) in [4.78, 5) is 19.4. The first-order valence-corrected chi connectivity index (χ1v) is 6.66. The Labute approximate surface area is 108 Å². The number of hydrogen-bond acceptors (Lipinski definition) is 5. The second-order valence-electron chi connectivity index (χ2n) is 4.38. The van der Waals surface area contributed by atoms with Gasteiger partial charge in [-0.05, 0) is 19.8 Å². The molecule has 2 aromatic heterocycles. The van der Waals surface area contributed by atoms with Gasteiger partial charge in [0.2, 0.25) is 11.0 Å². The highest BCUT2D eigenvalue weighted by Gasteiger charge is 2.26. The lowest BCUT2D eigenvalue weighted by Crippen LogP contribution is -2.28. The number of carbonyl (C=O) groups is 1. The maximum atomic E-state index is 12.1. The lowest BCUT2D eigenvalue weighted by molar-refractivity contribution is -0.120. The van der Waals surface area contributed by atoms with Crippen LogP contribution < -0.4 is 5.32 Å². The zero-order valence-corrected chi connectivity index (χ0v) is 10.8. The van der Waals surface area contributed by atoms with Crippen LogP contribution in [0.1, 0.15) is 22.8 Å². The molecular formula is C11H13N5OS. The summed E-state index contributed by atoms with van der Waals surface area (Å²) in [5.74, 6) is 0.00792. The van der Waals surface area contributed by atoms with Gasteiger partial charge in [0.15, 0.2) is 0 Å². The van der Waals surface area contributed by atoms with Gasteiger partial charge in [-0.15, -0.1) is 10.2 Å². The number of anilines is 1. The summed E-state index contributed by atoms with van der Waals surface area (Å²) in [6.45, 7) is 1.87. The van der Waals surface area contributed by atoms with Gasteiger partial charge in [-0.2, -0.15) is 0 Å². The van der Waals surface area contributed by atoms with Gasteiger partial charge in [-0.3, -0.25) is 4.79 Å². The van der Waals surface area contributed by atoms with Gasteiger partial charge in [0.05, 0.1) is 12.0 Å². The first-order chi connectivity index (χ1) is 8.72. The number of nitrogens with zero attached hydrogens (tertiary/aromatic N) is 3. The summed E-state index contributed by atoms with van der Waals surface area (Å²) in [5, 5.41) is 12.0. The molecule has 1 atom stereocenters. The standard InChI is InChI=1S/C11H13N5OS/c1-6-15-16-11(18-6)14-10(17)7-2-3-8-9(4-7)13-5-12-8/h5,7H,2-4H2,1H3,(H,12,13)(H,14,16,17)/t7-/m0/s1. The van der Waals surface area contributed by atoms with Crippen molar-refractivity contribution < 1.29 is 4.79 Å². The van der Waals surface area contributed by atoms with Crippen LogP contribution in [0.25, 0.3) is 0 Å². The molecule has 0 unspecified atom stereocenters. The fourth-order valence-electron chi connectivity index (χ4n) is 2.18. The van der Waals surface area contributed by atoms with E-state index in [0.717, 1.165) is 35.7 Å². The normalized spacial score (nSPS) is 18.4. The molecule has 0 saturated carbocycles. The second kappa shape index (κ2) is 4.49. The van der Waals surface area contributed by atoms with Crippen molar-refractivity contribution in [2.75, 3.05) is 5.32 Å². The Bertz CT molecular complexity index is 576. The van der Waals surface area contributed by atoms with Crippen LogP contribution in [-0.2, 0) is 17.6 Å². The van der Waals surface area contributed by atoms with Crippen molar-refractivity contribution in [1.82, 2.24) is 20.2 Å². The highest BCUT2D eigenvalue weighted by Crippen LogP contribution is 2.24. The quantitative estimate of drug-likeness (QED) is 0.855. The number of aromatic nitrogens is 4. The summed E-state index contributed by atoms with van der Waals surface area (Å²) < 4.78 is 0. The minimum absolute atomic E-state index is 0.0119. The average molecular weight is 263 g/mol. The number of rotatable bonds is 2. The van der Waals surface area contributed by atoms with Gasteiger partial charge in [-0.25, -0.2) is 4.98 Å². The van der Waals surface area contributed by atoms with E-state index in [2.05, 4.69) is 25.5 Å². The number of fused-ring (bicyclic) bond motifs is 1. The van der Waals surface area contributed by atoms with E-state index < -0.39 is 0 Å². The number of nitrogens with one attached hydrogen (secondary N) is 2. The molecule has 2 heterocycles. The molecule has 2 N–H and O–H groups in total. The molecule has 0 spiro atoms. The Hall–Kier alpha value is -1.76. The molecular weight excluding hydrogens is 250 g/mol. The van der Waals surface area contributed by atoms with Crippen LogP contribution in [0.5, 0.6) is 0 Å². The van der Waals surface area contributed by atoms with Crippen LogP contribution in [0.3, 0.4) is 0 Å². The van der Waals surface area contributed by atoms with Crippen molar-refractivity contribution >= 4 is 22.4 Å². The lowest BCUT2D eigenvalue weighted by Gasteiger charge is -2.19. The summed E-state index contributed by atoms with van der Waals surface area (Å²) >= 11 is 1.39. The fraction of sp³-hybridized carbons (Fsp3) is 0.455. The van der Waals surface area contributed by atoms with Crippen molar-refractivity contribution in [2.24, 2.45) is 5.92 Å². The van der Waals surface area contributed by atoms with Crippen LogP contribution in [0, 0.1) is 12.8 Å². The monoisotopic (exact) mass is 263 g/mol. The number of amides is 1. The molecule has 0 bridgehead atoms. The molecule has 0 fully saturated rings. The molecule has 3 rings (SSSR count). The number of H-pyrrole nitrogens is 1. The van der Waals surface area contributed by atoms with Gasteiger partial charge in [0, 0.05) is 18.0 Å². The predicted molar refractivity (Wildman–Crippen MR) is 67.4 cm³/mol. The number of aromatic amines is 1. The van der Waals surface area contributed by atoms with Crippen molar-refractivity contribution in [3.05, 3.63) is 22.7 Å². The molecule has 0 aromatic carbocycles. The lowest BCUT2D eigenvalue weighted by atomic mass is 9.89. The van der Waals surface area contributed by atoms with Gasteiger partial charge in [-0.1, -0.05) is 11.3 Å². The molecule has 0 radical (unpaired) electrons. The highest BCUT2D eigenvalue weighted by molar-refractivity contribution is 7.15. The number of hydrogen-bond donors (Lipinski definition) is 2. The van der Waals surface area contributed by atoms with Crippen molar-refractivity contribution in [2.45, 2.75) is 26.2 Å². The van der Waals surface area contributed by atoms with E-state index in [-0.39, 0.29) is 11.8 Å². The highest BCUT2D eigenvalue weighted by atomic mass is 32.1. The zero-order valence-electron chi connectivity index (χ0n) is 9.93. The van der Waals surface area contributed by atoms with Crippen molar-refractivity contribution in [3.63, 3.8) is 0 Å². The van der Waals surface area contributed by atoms with Crippen LogP contribution in [-0.4, -0.2) is 26.1 Å². The Morgan fingerprint density at radius 2 is 2.44 bits per heavy atom. The molecule has 0 saturated heterocycles. The van der Waals surface area contributed by atoms with Crippen molar-refractivity contribution in [1.29, 1.82) is 0 Å².